The maximum atomic E-state index is 11.6. The van der Waals surface area contributed by atoms with Gasteiger partial charge in [0, 0.05) is 12.0 Å². The Hall–Kier alpha value is -1.81. The summed E-state index contributed by atoms with van der Waals surface area (Å²) in [5, 5.41) is 9.49. The van der Waals surface area contributed by atoms with Gasteiger partial charge in [-0.3, -0.25) is 0 Å². The van der Waals surface area contributed by atoms with Crippen LogP contribution in [-0.4, -0.2) is 11.7 Å². The van der Waals surface area contributed by atoms with E-state index in [1.165, 1.54) is 0 Å². The van der Waals surface area contributed by atoms with E-state index < -0.39 is 5.63 Å². The van der Waals surface area contributed by atoms with Gasteiger partial charge in [0.05, 0.1) is 11.3 Å². The summed E-state index contributed by atoms with van der Waals surface area (Å²) in [6.45, 7) is 0.0334. The number of para-hydroxylation sites is 1. The van der Waals surface area contributed by atoms with E-state index in [2.05, 4.69) is 0 Å². The molecule has 1 aromatic carbocycles. The summed E-state index contributed by atoms with van der Waals surface area (Å²) in [6, 6.07) is 7.16. The van der Waals surface area contributed by atoms with Crippen LogP contribution in [0.4, 0.5) is 5.69 Å². The average Bonchev–Trinajstić information content (AvgIpc) is 2.29. The molecule has 0 saturated carbocycles. The smallest absolute Gasteiger partial charge is 0.341 e. The lowest BCUT2D eigenvalue weighted by molar-refractivity contribution is 0.288. The number of anilines is 1. The van der Waals surface area contributed by atoms with Gasteiger partial charge in [0.1, 0.15) is 5.58 Å². The topological polar surface area (TPSA) is 76.5 Å². The van der Waals surface area contributed by atoms with Crippen molar-refractivity contribution in [1.82, 2.24) is 0 Å². The molecule has 0 spiro atoms. The third-order valence-corrected chi connectivity index (χ3v) is 2.54. The molecule has 4 nitrogen and oxygen atoms in total. The average molecular weight is 219 g/mol. The van der Waals surface area contributed by atoms with Crippen molar-refractivity contribution in [2.75, 3.05) is 12.3 Å². The van der Waals surface area contributed by atoms with Crippen LogP contribution in [-0.2, 0) is 6.42 Å². The predicted octanol–water partition coefficient (Wildman–Crippen LogP) is 1.30. The van der Waals surface area contributed by atoms with Crippen molar-refractivity contribution in [3.63, 3.8) is 0 Å². The minimum absolute atomic E-state index is 0.0334. The zero-order chi connectivity index (χ0) is 11.5. The first kappa shape index (κ1) is 10.7. The summed E-state index contributed by atoms with van der Waals surface area (Å²) in [6.07, 6.45) is 0.947. The van der Waals surface area contributed by atoms with Gasteiger partial charge < -0.3 is 15.3 Å². The summed E-state index contributed by atoms with van der Waals surface area (Å²) in [5.41, 5.74) is 6.91. The Balaban J connectivity index is 2.61. The molecule has 0 unspecified atom stereocenters. The number of nitrogen functional groups attached to an aromatic ring is 1. The minimum atomic E-state index is -0.412. The molecule has 0 fully saturated rings. The summed E-state index contributed by atoms with van der Waals surface area (Å²) in [4.78, 5) is 11.6. The van der Waals surface area contributed by atoms with Crippen LogP contribution in [0.2, 0.25) is 0 Å². The first-order valence-electron chi connectivity index (χ1n) is 5.15. The number of aliphatic hydroxyl groups is 1. The molecular formula is C12H13NO3. The van der Waals surface area contributed by atoms with Crippen LogP contribution in [0.1, 0.15) is 12.0 Å². The maximum absolute atomic E-state index is 11.6. The SMILES string of the molecule is Nc1c(CCCO)c(=O)oc2ccccc12. The highest BCUT2D eigenvalue weighted by molar-refractivity contribution is 5.89. The molecule has 0 radical (unpaired) electrons. The molecule has 0 aliphatic rings. The van der Waals surface area contributed by atoms with Gasteiger partial charge in [0.2, 0.25) is 0 Å². The molecule has 0 bridgehead atoms. The Morgan fingerprint density at radius 2 is 2.06 bits per heavy atom. The van der Waals surface area contributed by atoms with Gasteiger partial charge in [-0.05, 0) is 25.0 Å². The molecule has 84 valence electrons. The molecule has 0 saturated heterocycles. The second-order valence-electron chi connectivity index (χ2n) is 3.61. The first-order valence-corrected chi connectivity index (χ1v) is 5.15. The molecule has 1 aromatic heterocycles. The number of fused-ring (bicyclic) bond motifs is 1. The summed E-state index contributed by atoms with van der Waals surface area (Å²) < 4.78 is 5.15. The first-order chi connectivity index (χ1) is 7.74. The molecule has 16 heavy (non-hydrogen) atoms. The van der Waals surface area contributed by atoms with E-state index in [0.29, 0.717) is 29.7 Å². The van der Waals surface area contributed by atoms with Gasteiger partial charge in [-0.2, -0.15) is 0 Å². The number of rotatable bonds is 3. The maximum Gasteiger partial charge on any atom is 0.341 e. The van der Waals surface area contributed by atoms with Crippen LogP contribution in [0.3, 0.4) is 0 Å². The van der Waals surface area contributed by atoms with Crippen molar-refractivity contribution >= 4 is 16.7 Å². The molecule has 0 aliphatic heterocycles. The van der Waals surface area contributed by atoms with Crippen LogP contribution in [0, 0.1) is 0 Å². The Kier molecular flexibility index (Phi) is 2.92. The largest absolute Gasteiger partial charge is 0.422 e. The van der Waals surface area contributed by atoms with E-state index in [1.54, 1.807) is 12.1 Å². The normalized spacial score (nSPS) is 10.8. The molecule has 2 aromatic rings. The van der Waals surface area contributed by atoms with E-state index in [0.717, 1.165) is 5.39 Å². The van der Waals surface area contributed by atoms with Gasteiger partial charge in [-0.25, -0.2) is 4.79 Å². The van der Waals surface area contributed by atoms with Crippen molar-refractivity contribution in [2.24, 2.45) is 0 Å². The Labute approximate surface area is 92.3 Å². The van der Waals surface area contributed by atoms with Crippen molar-refractivity contribution in [2.45, 2.75) is 12.8 Å². The number of hydrogen-bond donors (Lipinski definition) is 2. The van der Waals surface area contributed by atoms with Crippen LogP contribution in [0.25, 0.3) is 11.0 Å². The third kappa shape index (κ3) is 1.79. The second kappa shape index (κ2) is 4.37. The zero-order valence-electron chi connectivity index (χ0n) is 8.77. The molecule has 3 N–H and O–H groups in total. The van der Waals surface area contributed by atoms with Crippen LogP contribution < -0.4 is 11.4 Å². The van der Waals surface area contributed by atoms with E-state index in [1.807, 2.05) is 12.1 Å². The van der Waals surface area contributed by atoms with Gasteiger partial charge in [0.15, 0.2) is 0 Å². The van der Waals surface area contributed by atoms with E-state index >= 15 is 0 Å². The van der Waals surface area contributed by atoms with Gasteiger partial charge >= 0.3 is 5.63 Å². The minimum Gasteiger partial charge on any atom is -0.422 e. The standard InChI is InChI=1S/C12H13NO3/c13-11-8-4-1-2-6-10(8)16-12(15)9(11)5-3-7-14/h1-2,4,6,14H,3,5,7,13H2. The molecule has 0 aliphatic carbocycles. The number of nitrogens with two attached hydrogens (primary N) is 1. The van der Waals surface area contributed by atoms with Gasteiger partial charge in [-0.1, -0.05) is 12.1 Å². The second-order valence-corrected chi connectivity index (χ2v) is 3.61. The highest BCUT2D eigenvalue weighted by atomic mass is 16.4. The highest BCUT2D eigenvalue weighted by Crippen LogP contribution is 2.22. The molecule has 4 heteroatoms. The van der Waals surface area contributed by atoms with E-state index in [4.69, 9.17) is 15.3 Å². The van der Waals surface area contributed by atoms with Crippen LogP contribution in [0.15, 0.2) is 33.5 Å². The lowest BCUT2D eigenvalue weighted by Gasteiger charge is -2.06. The Morgan fingerprint density at radius 3 is 2.81 bits per heavy atom. The number of benzene rings is 1. The zero-order valence-corrected chi connectivity index (χ0v) is 8.77. The molecular weight excluding hydrogens is 206 g/mol. The van der Waals surface area contributed by atoms with E-state index in [9.17, 15) is 4.79 Å². The van der Waals surface area contributed by atoms with Crippen molar-refractivity contribution in [3.8, 4) is 0 Å². The lowest BCUT2D eigenvalue weighted by Crippen LogP contribution is -2.12. The third-order valence-electron chi connectivity index (χ3n) is 2.54. The summed E-state index contributed by atoms with van der Waals surface area (Å²) >= 11 is 0. The Bertz CT molecular complexity index is 560. The van der Waals surface area contributed by atoms with E-state index in [-0.39, 0.29) is 6.61 Å². The fourth-order valence-corrected chi connectivity index (χ4v) is 1.70. The van der Waals surface area contributed by atoms with Crippen LogP contribution in [0.5, 0.6) is 0 Å². The number of aliphatic hydroxyl groups excluding tert-OH is 1. The predicted molar refractivity (Wildman–Crippen MR) is 62.3 cm³/mol. The van der Waals surface area contributed by atoms with Crippen molar-refractivity contribution < 1.29 is 9.52 Å². The number of hydrogen-bond acceptors (Lipinski definition) is 4. The molecule has 0 amide bonds. The van der Waals surface area contributed by atoms with Gasteiger partial charge in [-0.15, -0.1) is 0 Å². The van der Waals surface area contributed by atoms with Crippen molar-refractivity contribution in [1.29, 1.82) is 0 Å². The summed E-state index contributed by atoms with van der Waals surface area (Å²) in [7, 11) is 0. The fourth-order valence-electron chi connectivity index (χ4n) is 1.70. The Morgan fingerprint density at radius 1 is 1.31 bits per heavy atom. The van der Waals surface area contributed by atoms with Crippen LogP contribution >= 0.6 is 0 Å². The molecule has 2 rings (SSSR count). The monoisotopic (exact) mass is 219 g/mol. The fraction of sp³-hybridized carbons (Fsp3) is 0.250. The van der Waals surface area contributed by atoms with Gasteiger partial charge in [0.25, 0.3) is 0 Å². The molecule has 1 heterocycles. The lowest BCUT2D eigenvalue weighted by atomic mass is 10.1. The van der Waals surface area contributed by atoms with Crippen molar-refractivity contribution in [3.05, 3.63) is 40.2 Å². The quantitative estimate of drug-likeness (QED) is 0.763. The highest BCUT2D eigenvalue weighted by Gasteiger charge is 2.10. The summed E-state index contributed by atoms with van der Waals surface area (Å²) in [5.74, 6) is 0. The molecule has 0 atom stereocenters.